The predicted molar refractivity (Wildman–Crippen MR) is 127 cm³/mol. The highest BCUT2D eigenvalue weighted by Crippen LogP contribution is 2.40. The number of nitrogen functional groups attached to an aromatic ring is 2. The van der Waals surface area contributed by atoms with Crippen molar-refractivity contribution in [1.29, 1.82) is 0 Å². The second kappa shape index (κ2) is 8.42. The summed E-state index contributed by atoms with van der Waals surface area (Å²) in [6.07, 6.45) is 0. The molecule has 0 radical (unpaired) electrons. The van der Waals surface area contributed by atoms with E-state index in [-0.39, 0.29) is 0 Å². The van der Waals surface area contributed by atoms with Crippen molar-refractivity contribution in [3.8, 4) is 22.3 Å². The standard InChI is InChI=1S/C24H18Cl2N2S/c25-21-13-17(15-1-7-19(27)8-2-15)5-11-23(21)29-24-12-6-18(14-22(24)26)16-3-9-20(28)10-4-16/h1-14H,27-28H2. The minimum Gasteiger partial charge on any atom is -0.399 e. The summed E-state index contributed by atoms with van der Waals surface area (Å²) in [5.74, 6) is 0. The fraction of sp³-hybridized carbons (Fsp3) is 0. The lowest BCUT2D eigenvalue weighted by Crippen LogP contribution is -1.86. The van der Waals surface area contributed by atoms with Crippen LogP contribution >= 0.6 is 35.0 Å². The first-order valence-corrected chi connectivity index (χ1v) is 10.6. The number of rotatable bonds is 4. The number of nitrogens with two attached hydrogens (primary N) is 2. The molecule has 0 saturated heterocycles. The zero-order valence-corrected chi connectivity index (χ0v) is 17.7. The molecule has 0 bridgehead atoms. The zero-order chi connectivity index (χ0) is 20.4. The van der Waals surface area contributed by atoms with Crippen molar-refractivity contribution < 1.29 is 0 Å². The highest BCUT2D eigenvalue weighted by molar-refractivity contribution is 7.99. The zero-order valence-electron chi connectivity index (χ0n) is 15.4. The van der Waals surface area contributed by atoms with E-state index in [1.165, 1.54) is 0 Å². The lowest BCUT2D eigenvalue weighted by atomic mass is 10.1. The van der Waals surface area contributed by atoms with Crippen LogP contribution in [-0.2, 0) is 0 Å². The number of halogens is 2. The molecule has 4 N–H and O–H groups in total. The van der Waals surface area contributed by atoms with E-state index in [2.05, 4.69) is 12.1 Å². The van der Waals surface area contributed by atoms with Crippen LogP contribution < -0.4 is 11.5 Å². The average Bonchev–Trinajstić information content (AvgIpc) is 2.72. The van der Waals surface area contributed by atoms with Crippen molar-refractivity contribution in [2.45, 2.75) is 9.79 Å². The van der Waals surface area contributed by atoms with Crippen molar-refractivity contribution in [2.75, 3.05) is 11.5 Å². The van der Waals surface area contributed by atoms with E-state index >= 15 is 0 Å². The molecule has 4 rings (SSSR count). The first kappa shape index (κ1) is 19.7. The Morgan fingerprint density at radius 1 is 0.483 bits per heavy atom. The van der Waals surface area contributed by atoms with Crippen LogP contribution in [0.4, 0.5) is 11.4 Å². The summed E-state index contributed by atoms with van der Waals surface area (Å²) in [5, 5.41) is 1.37. The Morgan fingerprint density at radius 3 is 1.17 bits per heavy atom. The monoisotopic (exact) mass is 436 g/mol. The molecule has 0 aromatic heterocycles. The SMILES string of the molecule is Nc1ccc(-c2ccc(Sc3ccc(-c4ccc(N)cc4)cc3Cl)c(Cl)c2)cc1. The molecule has 0 aliphatic heterocycles. The largest absolute Gasteiger partial charge is 0.399 e. The van der Waals surface area contributed by atoms with Crippen molar-refractivity contribution in [2.24, 2.45) is 0 Å². The van der Waals surface area contributed by atoms with E-state index in [4.69, 9.17) is 34.7 Å². The average molecular weight is 437 g/mol. The van der Waals surface area contributed by atoms with Crippen LogP contribution in [-0.4, -0.2) is 0 Å². The van der Waals surface area contributed by atoms with E-state index in [0.29, 0.717) is 10.0 Å². The van der Waals surface area contributed by atoms with Crippen LogP contribution in [0.25, 0.3) is 22.3 Å². The normalized spacial score (nSPS) is 10.8. The number of hydrogen-bond acceptors (Lipinski definition) is 3. The fourth-order valence-electron chi connectivity index (χ4n) is 3.00. The van der Waals surface area contributed by atoms with Crippen LogP contribution in [0.15, 0.2) is 94.7 Å². The molecule has 0 heterocycles. The summed E-state index contributed by atoms with van der Waals surface area (Å²) in [6.45, 7) is 0. The molecule has 5 heteroatoms. The van der Waals surface area contributed by atoms with E-state index in [9.17, 15) is 0 Å². The summed E-state index contributed by atoms with van der Waals surface area (Å²) >= 11 is 14.7. The van der Waals surface area contributed by atoms with E-state index < -0.39 is 0 Å². The minimum absolute atomic E-state index is 0.683. The van der Waals surface area contributed by atoms with Gasteiger partial charge in [0.05, 0.1) is 10.0 Å². The maximum atomic E-state index is 6.55. The summed E-state index contributed by atoms with van der Waals surface area (Å²) in [4.78, 5) is 1.90. The van der Waals surface area contributed by atoms with Gasteiger partial charge in [-0.05, 0) is 70.8 Å². The third-order valence-electron chi connectivity index (χ3n) is 4.57. The molecule has 2 nitrogen and oxygen atoms in total. The molecular weight excluding hydrogens is 419 g/mol. The van der Waals surface area contributed by atoms with Gasteiger partial charge in [0.2, 0.25) is 0 Å². The van der Waals surface area contributed by atoms with Crippen molar-refractivity contribution in [1.82, 2.24) is 0 Å². The summed E-state index contributed by atoms with van der Waals surface area (Å²) in [5.41, 5.74) is 17.2. The number of anilines is 2. The number of hydrogen-bond donors (Lipinski definition) is 2. The van der Waals surface area contributed by atoms with Gasteiger partial charge in [0, 0.05) is 21.2 Å². The van der Waals surface area contributed by atoms with E-state index in [0.717, 1.165) is 43.4 Å². The van der Waals surface area contributed by atoms with E-state index in [1.807, 2.05) is 72.8 Å². The summed E-state index contributed by atoms with van der Waals surface area (Å²) in [6, 6.07) is 27.5. The molecule has 0 aliphatic carbocycles. The minimum atomic E-state index is 0.683. The Morgan fingerprint density at radius 2 is 0.828 bits per heavy atom. The molecule has 0 amide bonds. The molecule has 0 aliphatic rings. The summed E-state index contributed by atoms with van der Waals surface area (Å²) < 4.78 is 0. The van der Waals surface area contributed by atoms with Gasteiger partial charge in [0.25, 0.3) is 0 Å². The van der Waals surface area contributed by atoms with Crippen LogP contribution in [0.3, 0.4) is 0 Å². The predicted octanol–water partition coefficient (Wildman–Crippen LogP) is 7.64. The van der Waals surface area contributed by atoms with Crippen molar-refractivity contribution in [3.63, 3.8) is 0 Å². The molecule has 0 unspecified atom stereocenters. The van der Waals surface area contributed by atoms with Gasteiger partial charge in [-0.1, -0.05) is 71.4 Å². The maximum absolute atomic E-state index is 6.55. The van der Waals surface area contributed by atoms with Crippen LogP contribution in [0.2, 0.25) is 10.0 Å². The second-order valence-electron chi connectivity index (χ2n) is 6.64. The van der Waals surface area contributed by atoms with Crippen LogP contribution in [0.5, 0.6) is 0 Å². The topological polar surface area (TPSA) is 52.0 Å². The molecule has 4 aromatic rings. The Balaban J connectivity index is 1.57. The molecule has 0 saturated carbocycles. The Hall–Kier alpha value is -2.59. The smallest absolute Gasteiger partial charge is 0.0551 e. The lowest BCUT2D eigenvalue weighted by molar-refractivity contribution is 1.40. The van der Waals surface area contributed by atoms with Gasteiger partial charge in [0.1, 0.15) is 0 Å². The molecular formula is C24H18Cl2N2S. The first-order valence-electron chi connectivity index (χ1n) is 8.98. The second-order valence-corrected chi connectivity index (χ2v) is 8.53. The van der Waals surface area contributed by atoms with Gasteiger partial charge in [-0.3, -0.25) is 0 Å². The Labute approximate surface area is 184 Å². The maximum Gasteiger partial charge on any atom is 0.0551 e. The van der Waals surface area contributed by atoms with Crippen molar-refractivity contribution >= 4 is 46.3 Å². The molecule has 0 atom stereocenters. The molecule has 144 valence electrons. The quantitative estimate of drug-likeness (QED) is 0.323. The highest BCUT2D eigenvalue weighted by Gasteiger charge is 2.10. The van der Waals surface area contributed by atoms with Gasteiger partial charge >= 0.3 is 0 Å². The van der Waals surface area contributed by atoms with Crippen molar-refractivity contribution in [3.05, 3.63) is 95.0 Å². The third kappa shape index (κ3) is 4.54. The molecule has 0 fully saturated rings. The van der Waals surface area contributed by atoms with Gasteiger partial charge in [-0.25, -0.2) is 0 Å². The fourth-order valence-corrected chi connectivity index (χ4v) is 4.41. The van der Waals surface area contributed by atoms with Gasteiger partial charge in [-0.2, -0.15) is 0 Å². The molecule has 4 aromatic carbocycles. The summed E-state index contributed by atoms with van der Waals surface area (Å²) in [7, 11) is 0. The molecule has 0 spiro atoms. The van der Waals surface area contributed by atoms with Gasteiger partial charge in [-0.15, -0.1) is 0 Å². The van der Waals surface area contributed by atoms with Crippen LogP contribution in [0.1, 0.15) is 0 Å². The third-order valence-corrected chi connectivity index (χ3v) is 6.57. The van der Waals surface area contributed by atoms with E-state index in [1.54, 1.807) is 11.8 Å². The Kier molecular flexibility index (Phi) is 5.72. The van der Waals surface area contributed by atoms with Gasteiger partial charge in [0.15, 0.2) is 0 Å². The lowest BCUT2D eigenvalue weighted by Gasteiger charge is -2.10. The first-order chi connectivity index (χ1) is 14.0. The van der Waals surface area contributed by atoms with Crippen LogP contribution in [0, 0.1) is 0 Å². The number of benzene rings is 4. The highest BCUT2D eigenvalue weighted by atomic mass is 35.5. The molecule has 29 heavy (non-hydrogen) atoms. The van der Waals surface area contributed by atoms with Gasteiger partial charge < -0.3 is 11.5 Å². The Bertz CT molecular complexity index is 1060.